The summed E-state index contributed by atoms with van der Waals surface area (Å²) in [6, 6.07) is 11.8. The first kappa shape index (κ1) is 13.0. The van der Waals surface area contributed by atoms with Crippen molar-refractivity contribution in [2.45, 2.75) is 13.3 Å². The summed E-state index contributed by atoms with van der Waals surface area (Å²) in [5.74, 6) is -1.17. The van der Waals surface area contributed by atoms with Crippen molar-refractivity contribution in [3.63, 3.8) is 0 Å². The van der Waals surface area contributed by atoms with Crippen LogP contribution >= 0.6 is 0 Å². The zero-order valence-electron chi connectivity index (χ0n) is 10.6. The van der Waals surface area contributed by atoms with E-state index in [0.29, 0.717) is 5.69 Å². The number of phenolic OH excluding ortho intramolecular Hbond substituents is 2. The first-order valence-corrected chi connectivity index (χ1v) is 6.03. The molecule has 2 aromatic rings. The Morgan fingerprint density at radius 3 is 2.58 bits per heavy atom. The number of benzene rings is 2. The molecule has 0 aromatic heterocycles. The Kier molecular flexibility index (Phi) is 3.71. The van der Waals surface area contributed by atoms with Crippen molar-refractivity contribution in [2.75, 3.05) is 5.32 Å². The molecule has 98 valence electrons. The summed E-state index contributed by atoms with van der Waals surface area (Å²) in [7, 11) is 0. The van der Waals surface area contributed by atoms with Gasteiger partial charge in [0.1, 0.15) is 0 Å². The number of rotatable bonds is 3. The fourth-order valence-electron chi connectivity index (χ4n) is 1.85. The quantitative estimate of drug-likeness (QED) is 0.740. The number of carbonyl (C=O) groups is 1. The standard InChI is InChI=1S/C15H15NO3/c1-2-10-6-3-4-8-12(10)16-15(19)11-7-5-9-13(17)14(11)18/h3-9,17-18H,2H2,1H3,(H,16,19). The molecular weight excluding hydrogens is 242 g/mol. The predicted octanol–water partition coefficient (Wildman–Crippen LogP) is 2.91. The first-order chi connectivity index (χ1) is 9.13. The number of para-hydroxylation sites is 2. The van der Waals surface area contributed by atoms with Crippen LogP contribution in [0.2, 0.25) is 0 Å². The van der Waals surface area contributed by atoms with E-state index < -0.39 is 11.7 Å². The van der Waals surface area contributed by atoms with E-state index in [1.807, 2.05) is 25.1 Å². The van der Waals surface area contributed by atoms with Gasteiger partial charge in [0.05, 0.1) is 5.56 Å². The number of nitrogens with one attached hydrogen (secondary N) is 1. The molecule has 0 aliphatic carbocycles. The Balaban J connectivity index is 2.28. The van der Waals surface area contributed by atoms with E-state index >= 15 is 0 Å². The zero-order valence-corrected chi connectivity index (χ0v) is 10.6. The van der Waals surface area contributed by atoms with Crippen molar-refractivity contribution >= 4 is 11.6 Å². The molecule has 2 aromatic carbocycles. The second-order valence-electron chi connectivity index (χ2n) is 4.14. The fourth-order valence-corrected chi connectivity index (χ4v) is 1.85. The van der Waals surface area contributed by atoms with Gasteiger partial charge >= 0.3 is 0 Å². The Morgan fingerprint density at radius 1 is 1.11 bits per heavy atom. The third-order valence-corrected chi connectivity index (χ3v) is 2.91. The van der Waals surface area contributed by atoms with Crippen LogP contribution in [0.5, 0.6) is 11.5 Å². The number of carbonyl (C=O) groups excluding carboxylic acids is 1. The summed E-state index contributed by atoms with van der Waals surface area (Å²) in [5, 5.41) is 21.8. The SMILES string of the molecule is CCc1ccccc1NC(=O)c1cccc(O)c1O. The molecule has 0 bridgehead atoms. The second-order valence-corrected chi connectivity index (χ2v) is 4.14. The van der Waals surface area contributed by atoms with Crippen LogP contribution in [0.3, 0.4) is 0 Å². The average molecular weight is 257 g/mol. The van der Waals surface area contributed by atoms with Crippen LogP contribution in [0, 0.1) is 0 Å². The highest BCUT2D eigenvalue weighted by Gasteiger charge is 2.14. The third kappa shape index (κ3) is 2.68. The van der Waals surface area contributed by atoms with Crippen LogP contribution < -0.4 is 5.32 Å². The minimum atomic E-state index is -0.450. The molecule has 1 amide bonds. The molecule has 0 saturated heterocycles. The lowest BCUT2D eigenvalue weighted by Crippen LogP contribution is -2.13. The predicted molar refractivity (Wildman–Crippen MR) is 73.5 cm³/mol. The second kappa shape index (κ2) is 5.44. The molecule has 0 aliphatic rings. The minimum Gasteiger partial charge on any atom is -0.504 e. The average Bonchev–Trinajstić information content (AvgIpc) is 2.42. The van der Waals surface area contributed by atoms with Crippen LogP contribution in [0.25, 0.3) is 0 Å². The smallest absolute Gasteiger partial charge is 0.259 e. The van der Waals surface area contributed by atoms with Gasteiger partial charge in [0.25, 0.3) is 5.91 Å². The van der Waals surface area contributed by atoms with Crippen molar-refractivity contribution < 1.29 is 15.0 Å². The summed E-state index contributed by atoms with van der Waals surface area (Å²) < 4.78 is 0. The highest BCUT2D eigenvalue weighted by Crippen LogP contribution is 2.29. The van der Waals surface area contributed by atoms with Crippen molar-refractivity contribution in [2.24, 2.45) is 0 Å². The maximum Gasteiger partial charge on any atom is 0.259 e. The number of aryl methyl sites for hydroxylation is 1. The lowest BCUT2D eigenvalue weighted by Gasteiger charge is -2.10. The number of hydrogen-bond donors (Lipinski definition) is 3. The Labute approximate surface area is 111 Å². The van der Waals surface area contributed by atoms with E-state index in [1.54, 1.807) is 6.07 Å². The molecular formula is C15H15NO3. The van der Waals surface area contributed by atoms with Gasteiger partial charge in [-0.1, -0.05) is 31.2 Å². The molecule has 4 heteroatoms. The third-order valence-electron chi connectivity index (χ3n) is 2.91. The molecule has 0 unspecified atom stereocenters. The summed E-state index contributed by atoms with van der Waals surface area (Å²) in [6.45, 7) is 2.00. The highest BCUT2D eigenvalue weighted by molar-refractivity contribution is 6.06. The first-order valence-electron chi connectivity index (χ1n) is 6.03. The van der Waals surface area contributed by atoms with Gasteiger partial charge in [-0.05, 0) is 30.2 Å². The fraction of sp³-hybridized carbons (Fsp3) is 0.133. The van der Waals surface area contributed by atoms with E-state index in [4.69, 9.17) is 0 Å². The van der Waals surface area contributed by atoms with Gasteiger partial charge in [-0.15, -0.1) is 0 Å². The molecule has 4 nitrogen and oxygen atoms in total. The molecule has 0 atom stereocenters. The summed E-state index contributed by atoms with van der Waals surface area (Å²) in [5.41, 5.74) is 1.76. The van der Waals surface area contributed by atoms with Crippen LogP contribution in [0.1, 0.15) is 22.8 Å². The molecule has 2 rings (SSSR count). The summed E-state index contributed by atoms with van der Waals surface area (Å²) in [6.07, 6.45) is 0.794. The minimum absolute atomic E-state index is 0.0471. The number of aromatic hydroxyl groups is 2. The topological polar surface area (TPSA) is 69.6 Å². The maximum atomic E-state index is 12.1. The molecule has 0 fully saturated rings. The number of phenols is 2. The van der Waals surface area contributed by atoms with Gasteiger partial charge in [0, 0.05) is 5.69 Å². The molecule has 0 aliphatic heterocycles. The van der Waals surface area contributed by atoms with Crippen LogP contribution in [0.15, 0.2) is 42.5 Å². The van der Waals surface area contributed by atoms with Gasteiger partial charge in [-0.2, -0.15) is 0 Å². The maximum absolute atomic E-state index is 12.1. The number of amides is 1. The Morgan fingerprint density at radius 2 is 1.84 bits per heavy atom. The lowest BCUT2D eigenvalue weighted by atomic mass is 10.1. The molecule has 0 saturated carbocycles. The van der Waals surface area contributed by atoms with Crippen molar-refractivity contribution in [3.8, 4) is 11.5 Å². The van der Waals surface area contributed by atoms with Gasteiger partial charge < -0.3 is 15.5 Å². The summed E-state index contributed by atoms with van der Waals surface area (Å²) in [4.78, 5) is 12.1. The van der Waals surface area contributed by atoms with E-state index in [9.17, 15) is 15.0 Å². The molecule has 19 heavy (non-hydrogen) atoms. The molecule has 0 spiro atoms. The van der Waals surface area contributed by atoms with Gasteiger partial charge in [0.15, 0.2) is 11.5 Å². The Hall–Kier alpha value is -2.49. The zero-order chi connectivity index (χ0) is 13.8. The van der Waals surface area contributed by atoms with Crippen molar-refractivity contribution in [3.05, 3.63) is 53.6 Å². The van der Waals surface area contributed by atoms with Crippen molar-refractivity contribution in [1.29, 1.82) is 0 Å². The molecule has 3 N–H and O–H groups in total. The number of hydrogen-bond acceptors (Lipinski definition) is 3. The molecule has 0 radical (unpaired) electrons. The van der Waals surface area contributed by atoms with Crippen LogP contribution in [-0.2, 0) is 6.42 Å². The van der Waals surface area contributed by atoms with E-state index in [-0.39, 0.29) is 11.3 Å². The van der Waals surface area contributed by atoms with Gasteiger partial charge in [-0.3, -0.25) is 4.79 Å². The van der Waals surface area contributed by atoms with Crippen LogP contribution in [0.4, 0.5) is 5.69 Å². The van der Waals surface area contributed by atoms with E-state index in [2.05, 4.69) is 5.32 Å². The van der Waals surface area contributed by atoms with E-state index in [1.165, 1.54) is 18.2 Å². The lowest BCUT2D eigenvalue weighted by molar-refractivity contribution is 0.102. The van der Waals surface area contributed by atoms with Gasteiger partial charge in [0.2, 0.25) is 0 Å². The highest BCUT2D eigenvalue weighted by atomic mass is 16.3. The largest absolute Gasteiger partial charge is 0.504 e. The monoisotopic (exact) mass is 257 g/mol. The molecule has 0 heterocycles. The number of anilines is 1. The van der Waals surface area contributed by atoms with Gasteiger partial charge in [-0.25, -0.2) is 0 Å². The summed E-state index contributed by atoms with van der Waals surface area (Å²) >= 11 is 0. The van der Waals surface area contributed by atoms with Crippen LogP contribution in [-0.4, -0.2) is 16.1 Å². The van der Waals surface area contributed by atoms with E-state index in [0.717, 1.165) is 12.0 Å². The normalized spacial score (nSPS) is 10.2. The Bertz CT molecular complexity index is 608. The van der Waals surface area contributed by atoms with Crippen molar-refractivity contribution in [1.82, 2.24) is 0 Å².